The number of fused-ring (bicyclic) bond motifs is 1. The molecule has 1 aliphatic rings. The molecule has 0 radical (unpaired) electrons. The average Bonchev–Trinajstić information content (AvgIpc) is 2.90. The molecule has 1 amide bonds. The Kier molecular flexibility index (Phi) is 5.43. The van der Waals surface area contributed by atoms with Crippen LogP contribution in [0.15, 0.2) is 28.7 Å². The molecule has 2 heterocycles. The summed E-state index contributed by atoms with van der Waals surface area (Å²) in [7, 11) is 3.60. The maximum Gasteiger partial charge on any atom is 0.236 e. The van der Waals surface area contributed by atoms with Crippen LogP contribution in [0.4, 0.5) is 0 Å². The van der Waals surface area contributed by atoms with Gasteiger partial charge < -0.3 is 14.6 Å². The van der Waals surface area contributed by atoms with E-state index in [0.29, 0.717) is 24.2 Å². The quantitative estimate of drug-likeness (QED) is 0.901. The highest BCUT2D eigenvalue weighted by Crippen LogP contribution is 2.30. The van der Waals surface area contributed by atoms with Gasteiger partial charge in [-0.15, -0.1) is 0 Å². The van der Waals surface area contributed by atoms with E-state index < -0.39 is 0 Å². The normalized spacial score (nSPS) is 16.6. The van der Waals surface area contributed by atoms with Gasteiger partial charge in [0.25, 0.3) is 0 Å². The molecule has 0 spiro atoms. The number of hydrogen-bond acceptors (Lipinski definition) is 4. The van der Waals surface area contributed by atoms with Crippen molar-refractivity contribution in [3.05, 3.63) is 35.0 Å². The van der Waals surface area contributed by atoms with Crippen molar-refractivity contribution in [3.63, 3.8) is 0 Å². The predicted octanol–water partition coefficient (Wildman–Crippen LogP) is 2.73. The molecule has 0 bridgehead atoms. The van der Waals surface area contributed by atoms with Gasteiger partial charge in [-0.05, 0) is 25.0 Å². The van der Waals surface area contributed by atoms with Crippen molar-refractivity contribution in [3.8, 4) is 0 Å². The number of nitrogens with one attached hydrogen (secondary N) is 1. The lowest BCUT2D eigenvalue weighted by molar-refractivity contribution is -0.130. The molecule has 24 heavy (non-hydrogen) atoms. The molecule has 5 nitrogen and oxygen atoms in total. The van der Waals surface area contributed by atoms with Crippen LogP contribution >= 0.6 is 11.6 Å². The predicted molar refractivity (Wildman–Crippen MR) is 96.2 cm³/mol. The lowest BCUT2D eigenvalue weighted by atomic mass is 10.0. The second-order valence-electron chi connectivity index (χ2n) is 6.55. The van der Waals surface area contributed by atoms with Crippen LogP contribution in [0.25, 0.3) is 11.0 Å². The number of likely N-dealkylation sites (tertiary alicyclic amines) is 1. The zero-order valence-electron chi connectivity index (χ0n) is 14.2. The highest BCUT2D eigenvalue weighted by molar-refractivity contribution is 6.36. The summed E-state index contributed by atoms with van der Waals surface area (Å²) in [6.45, 7) is 3.01. The van der Waals surface area contributed by atoms with Crippen molar-refractivity contribution in [2.24, 2.45) is 0 Å². The summed E-state index contributed by atoms with van der Waals surface area (Å²) in [4.78, 5) is 15.6. The first kappa shape index (κ1) is 17.3. The minimum atomic E-state index is 0.162. The number of carbonyl (C=O) groups excluding carboxylic acids is 1. The molecule has 0 atom stereocenters. The average molecular weight is 350 g/mol. The van der Waals surface area contributed by atoms with Crippen LogP contribution in [-0.4, -0.2) is 55.5 Å². The zero-order valence-corrected chi connectivity index (χ0v) is 15.0. The molecule has 1 aromatic heterocycles. The maximum atomic E-state index is 11.8. The lowest BCUT2D eigenvalue weighted by Crippen LogP contribution is -2.45. The monoisotopic (exact) mass is 349 g/mol. The van der Waals surface area contributed by atoms with E-state index in [2.05, 4.69) is 10.2 Å². The van der Waals surface area contributed by atoms with Gasteiger partial charge in [0.05, 0.1) is 18.1 Å². The summed E-state index contributed by atoms with van der Waals surface area (Å²) in [6, 6.07) is 8.26. The maximum absolute atomic E-state index is 11.8. The first-order chi connectivity index (χ1) is 11.5. The topological polar surface area (TPSA) is 48.7 Å². The molecule has 1 fully saturated rings. The van der Waals surface area contributed by atoms with Gasteiger partial charge >= 0.3 is 0 Å². The van der Waals surface area contributed by atoms with Gasteiger partial charge in [-0.25, -0.2) is 0 Å². The number of furan rings is 1. The number of carbonyl (C=O) groups is 1. The molecule has 3 rings (SSSR count). The van der Waals surface area contributed by atoms with Gasteiger partial charge in [-0.1, -0.05) is 23.7 Å². The Morgan fingerprint density at radius 2 is 2.04 bits per heavy atom. The van der Waals surface area contributed by atoms with E-state index in [4.69, 9.17) is 16.0 Å². The second-order valence-corrected chi connectivity index (χ2v) is 6.93. The largest absolute Gasteiger partial charge is 0.458 e. The third kappa shape index (κ3) is 3.91. The van der Waals surface area contributed by atoms with Crippen molar-refractivity contribution in [1.29, 1.82) is 0 Å². The number of para-hydroxylation sites is 1. The first-order valence-electron chi connectivity index (χ1n) is 8.36. The van der Waals surface area contributed by atoms with Crippen molar-refractivity contribution >= 4 is 28.5 Å². The Bertz CT molecular complexity index is 705. The van der Waals surface area contributed by atoms with Gasteiger partial charge in [-0.2, -0.15) is 0 Å². The molecular weight excluding hydrogens is 326 g/mol. The van der Waals surface area contributed by atoms with E-state index in [1.54, 1.807) is 19.0 Å². The van der Waals surface area contributed by atoms with Gasteiger partial charge in [0.1, 0.15) is 11.3 Å². The van der Waals surface area contributed by atoms with Gasteiger partial charge in [0.15, 0.2) is 0 Å². The summed E-state index contributed by atoms with van der Waals surface area (Å²) >= 11 is 6.40. The fraction of sp³-hybridized carbons (Fsp3) is 0.500. The number of nitrogens with zero attached hydrogens (tertiary/aromatic N) is 2. The summed E-state index contributed by atoms with van der Waals surface area (Å²) < 4.78 is 5.83. The van der Waals surface area contributed by atoms with Crippen molar-refractivity contribution < 1.29 is 9.21 Å². The third-order valence-corrected chi connectivity index (χ3v) is 5.01. The molecule has 1 saturated heterocycles. The van der Waals surface area contributed by atoms with Crippen LogP contribution < -0.4 is 5.32 Å². The van der Waals surface area contributed by atoms with E-state index in [1.807, 2.05) is 24.3 Å². The number of piperidine rings is 1. The van der Waals surface area contributed by atoms with E-state index in [0.717, 1.165) is 42.7 Å². The van der Waals surface area contributed by atoms with Crippen LogP contribution in [0.1, 0.15) is 18.6 Å². The number of hydrogen-bond donors (Lipinski definition) is 1. The fourth-order valence-electron chi connectivity index (χ4n) is 3.04. The Balaban J connectivity index is 1.49. The number of rotatable bonds is 5. The smallest absolute Gasteiger partial charge is 0.236 e. The lowest BCUT2D eigenvalue weighted by Gasteiger charge is -2.32. The Morgan fingerprint density at radius 1 is 1.33 bits per heavy atom. The molecule has 1 aromatic carbocycles. The summed E-state index contributed by atoms with van der Waals surface area (Å²) in [5.41, 5.74) is 0.830. The number of benzene rings is 1. The summed E-state index contributed by atoms with van der Waals surface area (Å²) in [5.74, 6) is 0.957. The zero-order chi connectivity index (χ0) is 17.1. The van der Waals surface area contributed by atoms with Crippen molar-refractivity contribution in [2.45, 2.75) is 25.4 Å². The highest BCUT2D eigenvalue weighted by atomic mass is 35.5. The Hall–Kier alpha value is -1.56. The molecule has 6 heteroatoms. The van der Waals surface area contributed by atoms with Gasteiger partial charge in [0, 0.05) is 38.6 Å². The third-order valence-electron chi connectivity index (χ3n) is 4.60. The Labute approximate surface area is 147 Å². The van der Waals surface area contributed by atoms with Crippen LogP contribution in [0.3, 0.4) is 0 Å². The van der Waals surface area contributed by atoms with Gasteiger partial charge in [-0.3, -0.25) is 9.69 Å². The SMILES string of the molecule is CN(C)C(=O)CN1CCC(NCc2oc3ccccc3c2Cl)CC1. The van der Waals surface area contributed by atoms with Crippen LogP contribution in [0.5, 0.6) is 0 Å². The van der Waals surface area contributed by atoms with Crippen LogP contribution in [-0.2, 0) is 11.3 Å². The molecular formula is C18H24ClN3O2. The number of amides is 1. The van der Waals surface area contributed by atoms with E-state index >= 15 is 0 Å². The molecule has 1 aliphatic heterocycles. The summed E-state index contributed by atoms with van der Waals surface area (Å²) in [6.07, 6.45) is 2.05. The molecule has 0 saturated carbocycles. The molecule has 130 valence electrons. The first-order valence-corrected chi connectivity index (χ1v) is 8.74. The second kappa shape index (κ2) is 7.55. The van der Waals surface area contributed by atoms with E-state index in [1.165, 1.54) is 0 Å². The van der Waals surface area contributed by atoms with Gasteiger partial charge in [0.2, 0.25) is 5.91 Å². The van der Waals surface area contributed by atoms with E-state index in [9.17, 15) is 4.79 Å². The Morgan fingerprint density at radius 3 is 2.71 bits per heavy atom. The molecule has 0 aliphatic carbocycles. The summed E-state index contributed by atoms with van der Waals surface area (Å²) in [5, 5.41) is 5.20. The van der Waals surface area contributed by atoms with Crippen molar-refractivity contribution in [2.75, 3.05) is 33.7 Å². The van der Waals surface area contributed by atoms with Crippen LogP contribution in [0.2, 0.25) is 5.02 Å². The van der Waals surface area contributed by atoms with Crippen LogP contribution in [0, 0.1) is 0 Å². The van der Waals surface area contributed by atoms with E-state index in [-0.39, 0.29) is 5.91 Å². The number of halogens is 1. The number of likely N-dealkylation sites (N-methyl/N-ethyl adjacent to an activating group) is 1. The van der Waals surface area contributed by atoms with Crippen molar-refractivity contribution in [1.82, 2.24) is 15.1 Å². The fourth-order valence-corrected chi connectivity index (χ4v) is 3.30. The standard InChI is InChI=1S/C18H24ClN3O2/c1-21(2)17(23)12-22-9-7-13(8-10-22)20-11-16-18(19)14-5-3-4-6-15(14)24-16/h3-6,13,20H,7-12H2,1-2H3. The molecule has 2 aromatic rings. The minimum absolute atomic E-state index is 0.162. The molecule has 1 N–H and O–H groups in total. The molecule has 0 unspecified atom stereocenters. The highest BCUT2D eigenvalue weighted by Gasteiger charge is 2.22. The minimum Gasteiger partial charge on any atom is -0.458 e.